The van der Waals surface area contributed by atoms with Gasteiger partial charge in [-0.15, -0.1) is 0 Å². The van der Waals surface area contributed by atoms with Gasteiger partial charge in [-0.3, -0.25) is 4.79 Å². The second kappa shape index (κ2) is 10.0. The average Bonchev–Trinajstić information content (AvgIpc) is 2.72. The number of alkyl halides is 3. The van der Waals surface area contributed by atoms with Crippen LogP contribution in [0.2, 0.25) is 0 Å². The highest BCUT2D eigenvalue weighted by molar-refractivity contribution is 7.80. The van der Waals surface area contributed by atoms with Crippen LogP contribution in [0.4, 0.5) is 11.5 Å². The number of nitrogens with one attached hydrogen (secondary N) is 1. The summed E-state index contributed by atoms with van der Waals surface area (Å²) in [5.41, 5.74) is 7.37. The standard InChI is InChI=1S/C20H22Cl3N5OS/c21-20(22,23)18(26-17(29)10-7-14-5-8-15(24)9-6-14)28-13-3-12-27(19(28)30)16-4-1-2-11-25-16/h1-2,4-6,8-9,11,18H,3,7,10,12-13,24H2,(H,26,29). The van der Waals surface area contributed by atoms with Gasteiger partial charge in [0.1, 0.15) is 5.82 Å². The van der Waals surface area contributed by atoms with Gasteiger partial charge in [0.25, 0.3) is 0 Å². The smallest absolute Gasteiger partial charge is 0.228 e. The van der Waals surface area contributed by atoms with Crippen molar-refractivity contribution in [2.45, 2.75) is 29.2 Å². The number of nitrogen functional groups attached to an aromatic ring is 1. The van der Waals surface area contributed by atoms with Crippen LogP contribution in [0.15, 0.2) is 48.7 Å². The molecule has 0 spiro atoms. The van der Waals surface area contributed by atoms with E-state index < -0.39 is 9.96 Å². The van der Waals surface area contributed by atoms with Crippen LogP contribution in [0.25, 0.3) is 0 Å². The highest BCUT2D eigenvalue weighted by Gasteiger charge is 2.42. The normalized spacial score (nSPS) is 15.8. The highest BCUT2D eigenvalue weighted by atomic mass is 35.6. The first-order valence-corrected chi connectivity index (χ1v) is 11.0. The second-order valence-corrected chi connectivity index (χ2v) is 9.66. The topological polar surface area (TPSA) is 74.5 Å². The Balaban J connectivity index is 1.69. The lowest BCUT2D eigenvalue weighted by Crippen LogP contribution is -2.62. The van der Waals surface area contributed by atoms with E-state index in [-0.39, 0.29) is 12.3 Å². The highest BCUT2D eigenvalue weighted by Crippen LogP contribution is 2.34. The molecule has 2 aromatic rings. The molecule has 10 heteroatoms. The molecule has 1 atom stereocenters. The molecule has 0 radical (unpaired) electrons. The lowest BCUT2D eigenvalue weighted by molar-refractivity contribution is -0.122. The summed E-state index contributed by atoms with van der Waals surface area (Å²) in [5, 5.41) is 3.30. The molecule has 6 nitrogen and oxygen atoms in total. The van der Waals surface area contributed by atoms with E-state index in [9.17, 15) is 4.79 Å². The van der Waals surface area contributed by atoms with Crippen molar-refractivity contribution in [2.24, 2.45) is 0 Å². The minimum atomic E-state index is -1.77. The van der Waals surface area contributed by atoms with Gasteiger partial charge < -0.3 is 20.9 Å². The monoisotopic (exact) mass is 485 g/mol. The molecule has 160 valence electrons. The van der Waals surface area contributed by atoms with Crippen LogP contribution in [0, 0.1) is 0 Å². The van der Waals surface area contributed by atoms with E-state index in [4.69, 9.17) is 52.8 Å². The first-order chi connectivity index (χ1) is 14.3. The number of aromatic nitrogens is 1. The number of carbonyl (C=O) groups excluding carboxylic acids is 1. The molecular weight excluding hydrogens is 465 g/mol. The van der Waals surface area contributed by atoms with Gasteiger partial charge >= 0.3 is 0 Å². The van der Waals surface area contributed by atoms with E-state index in [0.717, 1.165) is 12.0 Å². The Morgan fingerprint density at radius 1 is 1.20 bits per heavy atom. The largest absolute Gasteiger partial charge is 0.399 e. The summed E-state index contributed by atoms with van der Waals surface area (Å²) in [6, 6.07) is 13.0. The second-order valence-electron chi connectivity index (χ2n) is 6.92. The number of nitrogens with two attached hydrogens (primary N) is 1. The molecule has 0 bridgehead atoms. The molecule has 30 heavy (non-hydrogen) atoms. The third-order valence-electron chi connectivity index (χ3n) is 4.72. The zero-order valence-corrected chi connectivity index (χ0v) is 19.2. The summed E-state index contributed by atoms with van der Waals surface area (Å²) in [7, 11) is 0. The number of nitrogens with zero attached hydrogens (tertiary/aromatic N) is 3. The number of carbonyl (C=O) groups is 1. The van der Waals surface area contributed by atoms with Gasteiger partial charge in [0.2, 0.25) is 9.70 Å². The van der Waals surface area contributed by atoms with Crippen LogP contribution in [-0.2, 0) is 11.2 Å². The van der Waals surface area contributed by atoms with Gasteiger partial charge in [0.05, 0.1) is 0 Å². The van der Waals surface area contributed by atoms with Crippen LogP contribution < -0.4 is 16.0 Å². The zero-order chi connectivity index (χ0) is 21.7. The molecule has 3 rings (SSSR count). The van der Waals surface area contributed by atoms with Crippen molar-refractivity contribution in [3.05, 3.63) is 54.2 Å². The van der Waals surface area contributed by atoms with E-state index in [1.165, 1.54) is 0 Å². The number of hydrogen-bond donors (Lipinski definition) is 2. The number of thiocarbonyl (C=S) groups is 1. The van der Waals surface area contributed by atoms with Crippen LogP contribution in [0.5, 0.6) is 0 Å². The van der Waals surface area contributed by atoms with Crippen molar-refractivity contribution < 1.29 is 4.79 Å². The number of aryl methyl sites for hydroxylation is 1. The maximum Gasteiger partial charge on any atom is 0.228 e. The molecule has 0 saturated carbocycles. The molecule has 2 heterocycles. The quantitative estimate of drug-likeness (QED) is 0.366. The Bertz CT molecular complexity index is 876. The fourth-order valence-corrected chi connectivity index (χ4v) is 4.11. The summed E-state index contributed by atoms with van der Waals surface area (Å²) in [6.07, 6.45) is 2.35. The fraction of sp³-hybridized carbons (Fsp3) is 0.350. The van der Waals surface area contributed by atoms with Gasteiger partial charge in [-0.1, -0.05) is 53.0 Å². The molecule has 1 aliphatic rings. The molecule has 1 amide bonds. The number of amides is 1. The van der Waals surface area contributed by atoms with Crippen LogP contribution in [0.3, 0.4) is 0 Å². The number of hydrogen-bond acceptors (Lipinski definition) is 4. The minimum absolute atomic E-state index is 0.235. The third-order valence-corrected chi connectivity index (χ3v) is 5.80. The van der Waals surface area contributed by atoms with E-state index in [2.05, 4.69) is 10.3 Å². The Hall–Kier alpha value is -1.80. The van der Waals surface area contributed by atoms with Crippen molar-refractivity contribution in [3.63, 3.8) is 0 Å². The Labute approximate surface area is 196 Å². The minimum Gasteiger partial charge on any atom is -0.399 e. The molecule has 1 fully saturated rings. The number of rotatable bonds is 6. The van der Waals surface area contributed by atoms with Crippen molar-refractivity contribution in [3.8, 4) is 0 Å². The number of benzene rings is 1. The summed E-state index contributed by atoms with van der Waals surface area (Å²) < 4.78 is -1.77. The van der Waals surface area contributed by atoms with Gasteiger partial charge in [-0.25, -0.2) is 4.98 Å². The van der Waals surface area contributed by atoms with E-state index in [1.807, 2.05) is 35.2 Å². The van der Waals surface area contributed by atoms with Crippen molar-refractivity contribution in [2.75, 3.05) is 23.7 Å². The molecule has 1 aromatic carbocycles. The SMILES string of the molecule is Nc1ccc(CCC(=O)NC(N2CCCN(c3ccccn3)C2=S)C(Cl)(Cl)Cl)cc1. The van der Waals surface area contributed by atoms with Gasteiger partial charge in [0.15, 0.2) is 11.3 Å². The average molecular weight is 487 g/mol. The first kappa shape index (κ1) is 22.9. The predicted molar refractivity (Wildman–Crippen MR) is 127 cm³/mol. The van der Waals surface area contributed by atoms with Crippen molar-refractivity contribution in [1.29, 1.82) is 0 Å². The molecule has 1 aromatic heterocycles. The molecule has 3 N–H and O–H groups in total. The zero-order valence-electron chi connectivity index (χ0n) is 16.1. The maximum atomic E-state index is 12.6. The summed E-state index contributed by atoms with van der Waals surface area (Å²) in [4.78, 5) is 20.6. The van der Waals surface area contributed by atoms with E-state index >= 15 is 0 Å². The Kier molecular flexibility index (Phi) is 7.63. The molecule has 0 aliphatic carbocycles. The Morgan fingerprint density at radius 2 is 1.93 bits per heavy atom. The molecule has 1 saturated heterocycles. The third kappa shape index (κ3) is 5.88. The number of anilines is 2. The van der Waals surface area contributed by atoms with Crippen molar-refractivity contribution >= 4 is 69.5 Å². The van der Waals surface area contributed by atoms with Crippen LogP contribution in [0.1, 0.15) is 18.4 Å². The fourth-order valence-electron chi connectivity index (χ4n) is 3.21. The van der Waals surface area contributed by atoms with Crippen LogP contribution >= 0.6 is 47.0 Å². The molecule has 1 aliphatic heterocycles. The summed E-state index contributed by atoms with van der Waals surface area (Å²) in [6.45, 7) is 1.25. The summed E-state index contributed by atoms with van der Waals surface area (Å²) in [5.74, 6) is 0.478. The predicted octanol–water partition coefficient (Wildman–Crippen LogP) is 3.91. The van der Waals surface area contributed by atoms with Gasteiger partial charge in [-0.05, 0) is 54.9 Å². The lowest BCUT2D eigenvalue weighted by atomic mass is 10.1. The van der Waals surface area contributed by atoms with Crippen LogP contribution in [-0.4, -0.2) is 44.0 Å². The maximum absolute atomic E-state index is 12.6. The Morgan fingerprint density at radius 3 is 2.57 bits per heavy atom. The van der Waals surface area contributed by atoms with E-state index in [1.54, 1.807) is 23.2 Å². The summed E-state index contributed by atoms with van der Waals surface area (Å²) >= 11 is 24.4. The molecule has 1 unspecified atom stereocenters. The van der Waals surface area contributed by atoms with Gasteiger partial charge in [0, 0.05) is 31.4 Å². The van der Waals surface area contributed by atoms with Crippen molar-refractivity contribution in [1.82, 2.24) is 15.2 Å². The molecular formula is C20H22Cl3N5OS. The number of pyridine rings is 1. The lowest BCUT2D eigenvalue weighted by Gasteiger charge is -2.44. The number of halogens is 3. The van der Waals surface area contributed by atoms with E-state index in [0.29, 0.717) is 36.1 Å². The van der Waals surface area contributed by atoms with Gasteiger partial charge in [-0.2, -0.15) is 0 Å². The first-order valence-electron chi connectivity index (χ1n) is 9.45.